The Hall–Kier alpha value is -3.32. The van der Waals surface area contributed by atoms with Crippen LogP contribution in [0.4, 0.5) is 14.5 Å². The van der Waals surface area contributed by atoms with Crippen molar-refractivity contribution in [3.05, 3.63) is 98.9 Å². The van der Waals surface area contributed by atoms with Crippen LogP contribution in [0.1, 0.15) is 16.1 Å². The van der Waals surface area contributed by atoms with Gasteiger partial charge in [0.15, 0.2) is 11.6 Å². The largest absolute Gasteiger partial charge is 0.326 e. The number of halogens is 3. The molecule has 3 rings (SSSR count). The molecule has 28 heavy (non-hydrogen) atoms. The fourth-order valence-corrected chi connectivity index (χ4v) is 2.62. The smallest absolute Gasteiger partial charge is 0.256 e. The van der Waals surface area contributed by atoms with E-state index in [0.717, 1.165) is 18.2 Å². The highest BCUT2D eigenvalue weighted by Crippen LogP contribution is 2.18. The summed E-state index contributed by atoms with van der Waals surface area (Å²) in [5, 5.41) is 3.03. The van der Waals surface area contributed by atoms with Crippen molar-refractivity contribution in [2.45, 2.75) is 6.42 Å². The van der Waals surface area contributed by atoms with Gasteiger partial charge in [0.2, 0.25) is 5.56 Å². The number of amidine groups is 1. The van der Waals surface area contributed by atoms with Crippen LogP contribution in [-0.4, -0.2) is 16.7 Å². The molecular formula is C20H14ClF2N3O2. The average molecular weight is 402 g/mol. The third-order valence-corrected chi connectivity index (χ3v) is 3.93. The molecule has 0 bridgehead atoms. The molecule has 142 valence electrons. The number of amides is 1. The molecule has 0 saturated carbocycles. The van der Waals surface area contributed by atoms with E-state index >= 15 is 0 Å². The van der Waals surface area contributed by atoms with E-state index in [2.05, 4.69) is 15.3 Å². The molecule has 0 saturated heterocycles. The number of benzene rings is 2. The molecule has 0 atom stereocenters. The van der Waals surface area contributed by atoms with E-state index < -0.39 is 17.5 Å². The molecule has 2 aromatic carbocycles. The number of hydrogen-bond donors (Lipinski definition) is 2. The molecule has 0 spiro atoms. The summed E-state index contributed by atoms with van der Waals surface area (Å²) in [7, 11) is 0. The summed E-state index contributed by atoms with van der Waals surface area (Å²) in [6, 6.07) is 14.1. The van der Waals surface area contributed by atoms with Gasteiger partial charge in [-0.2, -0.15) is 0 Å². The number of aliphatic imine (C=N–C) groups is 1. The summed E-state index contributed by atoms with van der Waals surface area (Å²) in [4.78, 5) is 31.0. The molecular weight excluding hydrogens is 388 g/mol. The highest BCUT2D eigenvalue weighted by molar-refractivity contribution is 6.30. The average Bonchev–Trinajstić information content (AvgIpc) is 2.64. The standard InChI is InChI=1S/C20H14ClF2N3O2/c21-13-3-1-4-14(10-13)24-18(11-15-5-2-6-19(27)25-15)26-20(28)12-7-8-16(22)17(23)9-12/h1-10H,11H2,(H,25,27)(H,24,26,28). The Morgan fingerprint density at radius 2 is 1.82 bits per heavy atom. The maximum absolute atomic E-state index is 13.4. The van der Waals surface area contributed by atoms with E-state index in [4.69, 9.17) is 11.6 Å². The lowest BCUT2D eigenvalue weighted by molar-refractivity contribution is 0.0976. The monoisotopic (exact) mass is 401 g/mol. The van der Waals surface area contributed by atoms with Crippen molar-refractivity contribution in [1.82, 2.24) is 10.3 Å². The van der Waals surface area contributed by atoms with Gasteiger partial charge in [-0.25, -0.2) is 13.8 Å². The zero-order chi connectivity index (χ0) is 20.1. The Morgan fingerprint density at radius 3 is 2.54 bits per heavy atom. The van der Waals surface area contributed by atoms with Crippen molar-refractivity contribution < 1.29 is 13.6 Å². The van der Waals surface area contributed by atoms with Crippen LogP contribution in [0.5, 0.6) is 0 Å². The van der Waals surface area contributed by atoms with Crippen LogP contribution in [0.15, 0.2) is 70.5 Å². The summed E-state index contributed by atoms with van der Waals surface area (Å²) >= 11 is 5.96. The molecule has 0 aliphatic carbocycles. The second-order valence-electron chi connectivity index (χ2n) is 5.84. The molecule has 0 aliphatic rings. The van der Waals surface area contributed by atoms with E-state index in [1.165, 1.54) is 6.07 Å². The fraction of sp³-hybridized carbons (Fsp3) is 0.0500. The molecule has 5 nitrogen and oxygen atoms in total. The Morgan fingerprint density at radius 1 is 1.04 bits per heavy atom. The lowest BCUT2D eigenvalue weighted by atomic mass is 10.2. The highest BCUT2D eigenvalue weighted by atomic mass is 35.5. The van der Waals surface area contributed by atoms with Crippen molar-refractivity contribution in [3.63, 3.8) is 0 Å². The molecule has 0 aliphatic heterocycles. The minimum atomic E-state index is -1.13. The van der Waals surface area contributed by atoms with Crippen molar-refractivity contribution >= 4 is 29.0 Å². The molecule has 0 unspecified atom stereocenters. The van der Waals surface area contributed by atoms with Crippen LogP contribution in [0.3, 0.4) is 0 Å². The topological polar surface area (TPSA) is 74.3 Å². The van der Waals surface area contributed by atoms with Gasteiger partial charge in [-0.3, -0.25) is 9.59 Å². The third kappa shape index (κ3) is 5.11. The molecule has 8 heteroatoms. The Balaban J connectivity index is 1.91. The predicted molar refractivity (Wildman–Crippen MR) is 103 cm³/mol. The second kappa shape index (κ2) is 8.58. The number of hydrogen-bond acceptors (Lipinski definition) is 3. The quantitative estimate of drug-likeness (QED) is 0.512. The number of nitrogens with one attached hydrogen (secondary N) is 2. The number of rotatable bonds is 4. The van der Waals surface area contributed by atoms with Crippen LogP contribution in [-0.2, 0) is 6.42 Å². The highest BCUT2D eigenvalue weighted by Gasteiger charge is 2.13. The van der Waals surface area contributed by atoms with Crippen LogP contribution >= 0.6 is 11.6 Å². The first-order valence-corrected chi connectivity index (χ1v) is 8.56. The van der Waals surface area contributed by atoms with Crippen molar-refractivity contribution in [2.24, 2.45) is 4.99 Å². The zero-order valence-electron chi connectivity index (χ0n) is 14.4. The number of nitrogens with zero attached hydrogens (tertiary/aromatic N) is 1. The van der Waals surface area contributed by atoms with Crippen LogP contribution in [0.25, 0.3) is 0 Å². The van der Waals surface area contributed by atoms with Gasteiger partial charge < -0.3 is 10.3 Å². The first kappa shape index (κ1) is 19.4. The summed E-state index contributed by atoms with van der Waals surface area (Å²) in [6.45, 7) is 0. The molecule has 1 aromatic heterocycles. The summed E-state index contributed by atoms with van der Waals surface area (Å²) in [5.74, 6) is -2.66. The summed E-state index contributed by atoms with van der Waals surface area (Å²) in [6.07, 6.45) is 0.0952. The van der Waals surface area contributed by atoms with E-state index in [9.17, 15) is 18.4 Å². The lowest BCUT2D eigenvalue weighted by Gasteiger charge is -2.10. The van der Waals surface area contributed by atoms with Gasteiger partial charge in [0, 0.05) is 28.8 Å². The van der Waals surface area contributed by atoms with Gasteiger partial charge in [-0.15, -0.1) is 0 Å². The summed E-state index contributed by atoms with van der Waals surface area (Å²) < 4.78 is 26.5. The SMILES string of the molecule is O=C(NC(Cc1cccc(=O)[nH]1)=Nc1cccc(Cl)c1)c1ccc(F)c(F)c1. The van der Waals surface area contributed by atoms with E-state index in [1.54, 1.807) is 36.4 Å². The lowest BCUT2D eigenvalue weighted by Crippen LogP contribution is -2.32. The normalized spacial score (nSPS) is 11.3. The van der Waals surface area contributed by atoms with Gasteiger partial charge in [0.05, 0.1) is 5.69 Å². The summed E-state index contributed by atoms with van der Waals surface area (Å²) in [5.41, 5.74) is 0.621. The maximum Gasteiger partial charge on any atom is 0.256 e. The minimum Gasteiger partial charge on any atom is -0.326 e. The molecule has 0 fully saturated rings. The van der Waals surface area contributed by atoms with Crippen molar-refractivity contribution in [3.8, 4) is 0 Å². The molecule has 1 amide bonds. The third-order valence-electron chi connectivity index (χ3n) is 3.70. The molecule has 0 radical (unpaired) electrons. The Bertz CT molecular complexity index is 1110. The van der Waals surface area contributed by atoms with Gasteiger partial charge in [0.25, 0.3) is 5.91 Å². The number of aromatic amines is 1. The van der Waals surface area contributed by atoms with E-state index in [1.807, 2.05) is 0 Å². The van der Waals surface area contributed by atoms with Gasteiger partial charge in [-0.05, 0) is 42.5 Å². The maximum atomic E-state index is 13.4. The predicted octanol–water partition coefficient (Wildman–Crippen LogP) is 4.01. The van der Waals surface area contributed by atoms with Crippen LogP contribution in [0, 0.1) is 11.6 Å². The zero-order valence-corrected chi connectivity index (χ0v) is 15.1. The van der Waals surface area contributed by atoms with Gasteiger partial charge in [-0.1, -0.05) is 23.7 Å². The fourth-order valence-electron chi connectivity index (χ4n) is 2.43. The number of carbonyl (C=O) groups is 1. The van der Waals surface area contributed by atoms with E-state index in [-0.39, 0.29) is 23.4 Å². The van der Waals surface area contributed by atoms with Gasteiger partial charge in [0.1, 0.15) is 5.84 Å². The van der Waals surface area contributed by atoms with Crippen molar-refractivity contribution in [2.75, 3.05) is 0 Å². The number of aromatic nitrogens is 1. The first-order valence-electron chi connectivity index (χ1n) is 8.18. The van der Waals surface area contributed by atoms with Crippen LogP contribution < -0.4 is 10.9 Å². The molecule has 1 heterocycles. The molecule has 2 N–H and O–H groups in total. The minimum absolute atomic E-state index is 0.0701. The second-order valence-corrected chi connectivity index (χ2v) is 6.27. The Kier molecular flexibility index (Phi) is 5.96. The Labute approximate surface area is 163 Å². The number of pyridine rings is 1. The van der Waals surface area contributed by atoms with Crippen molar-refractivity contribution in [1.29, 1.82) is 0 Å². The van der Waals surface area contributed by atoms with Gasteiger partial charge >= 0.3 is 0 Å². The molecule has 3 aromatic rings. The number of carbonyl (C=O) groups excluding carboxylic acids is 1. The number of H-pyrrole nitrogens is 1. The van der Waals surface area contributed by atoms with Crippen LogP contribution in [0.2, 0.25) is 5.02 Å². The first-order chi connectivity index (χ1) is 13.4. The van der Waals surface area contributed by atoms with E-state index in [0.29, 0.717) is 16.4 Å².